The van der Waals surface area contributed by atoms with Crippen molar-refractivity contribution in [3.05, 3.63) is 29.8 Å². The standard InChI is InChI=1S/C19H24FN5O/c20-11-7-8-14-15(10-11)22-18(21-14)16-6-1-2-9-25(16)19(26)17-12-4-3-5-13(12)23-24-17/h7-8,10,12-13,16-17,23-24H,1-6,9H2,(H,21,22). The Morgan fingerprint density at radius 2 is 2.08 bits per heavy atom. The van der Waals surface area contributed by atoms with Crippen molar-refractivity contribution in [2.45, 2.75) is 56.7 Å². The molecule has 3 heterocycles. The molecule has 1 amide bonds. The van der Waals surface area contributed by atoms with E-state index < -0.39 is 0 Å². The number of hydrogen-bond acceptors (Lipinski definition) is 4. The molecule has 5 rings (SSSR count). The summed E-state index contributed by atoms with van der Waals surface area (Å²) < 4.78 is 13.5. The van der Waals surface area contributed by atoms with Gasteiger partial charge in [0.1, 0.15) is 17.7 Å². The summed E-state index contributed by atoms with van der Waals surface area (Å²) in [5.74, 6) is 1.04. The van der Waals surface area contributed by atoms with E-state index in [4.69, 9.17) is 0 Å². The van der Waals surface area contributed by atoms with Gasteiger partial charge in [0.05, 0.1) is 17.1 Å². The van der Waals surface area contributed by atoms with Gasteiger partial charge in [0.2, 0.25) is 5.91 Å². The van der Waals surface area contributed by atoms with Crippen LogP contribution in [0.25, 0.3) is 11.0 Å². The SMILES string of the molecule is O=C(C1NNC2CCCC21)N1CCCCC1c1nc2ccc(F)cc2[nH]1. The molecule has 1 aromatic heterocycles. The fourth-order valence-corrected chi connectivity index (χ4v) is 4.93. The van der Waals surface area contributed by atoms with Crippen LogP contribution in [0.15, 0.2) is 18.2 Å². The molecule has 4 unspecified atom stereocenters. The smallest absolute Gasteiger partial charge is 0.242 e. The number of rotatable bonds is 2. The normalized spacial score (nSPS) is 31.5. The number of nitrogens with one attached hydrogen (secondary N) is 3. The van der Waals surface area contributed by atoms with E-state index in [2.05, 4.69) is 20.8 Å². The largest absolute Gasteiger partial charge is 0.340 e. The number of carbonyl (C=O) groups is 1. The van der Waals surface area contributed by atoms with Gasteiger partial charge in [0.15, 0.2) is 0 Å². The van der Waals surface area contributed by atoms with Gasteiger partial charge in [0.25, 0.3) is 0 Å². The highest BCUT2D eigenvalue weighted by atomic mass is 19.1. The Hall–Kier alpha value is -1.99. The molecule has 138 valence electrons. The number of carbonyl (C=O) groups excluding carboxylic acids is 1. The molecule has 0 radical (unpaired) electrons. The number of fused-ring (bicyclic) bond motifs is 2. The lowest BCUT2D eigenvalue weighted by Gasteiger charge is -2.37. The molecule has 3 N–H and O–H groups in total. The Balaban J connectivity index is 1.43. The molecule has 1 saturated carbocycles. The van der Waals surface area contributed by atoms with E-state index in [1.807, 2.05) is 4.90 Å². The van der Waals surface area contributed by atoms with Crippen molar-refractivity contribution in [2.75, 3.05) is 6.54 Å². The Kier molecular flexibility index (Phi) is 3.94. The molecule has 2 saturated heterocycles. The third-order valence-corrected chi connectivity index (χ3v) is 6.25. The number of halogens is 1. The molecule has 3 aliphatic rings. The monoisotopic (exact) mass is 357 g/mol. The van der Waals surface area contributed by atoms with Crippen molar-refractivity contribution in [1.82, 2.24) is 25.7 Å². The number of amides is 1. The zero-order valence-corrected chi connectivity index (χ0v) is 14.7. The van der Waals surface area contributed by atoms with Crippen LogP contribution < -0.4 is 10.9 Å². The van der Waals surface area contributed by atoms with Gasteiger partial charge in [0, 0.05) is 18.5 Å². The number of hydrazine groups is 1. The molecular weight excluding hydrogens is 333 g/mol. The first-order valence-corrected chi connectivity index (χ1v) is 9.67. The van der Waals surface area contributed by atoms with Crippen molar-refractivity contribution in [3.8, 4) is 0 Å². The van der Waals surface area contributed by atoms with E-state index in [9.17, 15) is 9.18 Å². The van der Waals surface area contributed by atoms with Gasteiger partial charge in [-0.1, -0.05) is 6.42 Å². The minimum absolute atomic E-state index is 0.0611. The molecule has 3 fully saturated rings. The van der Waals surface area contributed by atoms with Crippen LogP contribution in [0, 0.1) is 11.7 Å². The maximum absolute atomic E-state index is 13.5. The Bertz CT molecular complexity index is 836. The molecule has 26 heavy (non-hydrogen) atoms. The second-order valence-electron chi connectivity index (χ2n) is 7.79. The van der Waals surface area contributed by atoms with Crippen LogP contribution in [-0.4, -0.2) is 39.4 Å². The molecule has 0 spiro atoms. The Morgan fingerprint density at radius 1 is 1.15 bits per heavy atom. The van der Waals surface area contributed by atoms with Crippen LogP contribution in [0.4, 0.5) is 4.39 Å². The number of hydrogen-bond donors (Lipinski definition) is 3. The lowest BCUT2D eigenvalue weighted by atomic mass is 9.93. The van der Waals surface area contributed by atoms with Crippen LogP contribution in [0.3, 0.4) is 0 Å². The highest BCUT2D eigenvalue weighted by Crippen LogP contribution is 2.36. The number of aromatic nitrogens is 2. The van der Waals surface area contributed by atoms with Gasteiger partial charge in [-0.2, -0.15) is 0 Å². The molecule has 6 nitrogen and oxygen atoms in total. The van der Waals surface area contributed by atoms with E-state index in [1.165, 1.54) is 18.6 Å². The van der Waals surface area contributed by atoms with E-state index in [1.54, 1.807) is 6.07 Å². The maximum Gasteiger partial charge on any atom is 0.242 e. The van der Waals surface area contributed by atoms with E-state index >= 15 is 0 Å². The number of imidazole rings is 1. The first-order valence-electron chi connectivity index (χ1n) is 9.67. The zero-order chi connectivity index (χ0) is 17.7. The number of likely N-dealkylation sites (tertiary alicyclic amines) is 1. The quantitative estimate of drug-likeness (QED) is 0.772. The van der Waals surface area contributed by atoms with Crippen LogP contribution in [0.1, 0.15) is 50.4 Å². The molecular formula is C19H24FN5O. The van der Waals surface area contributed by atoms with E-state index in [0.717, 1.165) is 50.0 Å². The van der Waals surface area contributed by atoms with Crippen molar-refractivity contribution < 1.29 is 9.18 Å². The fourth-order valence-electron chi connectivity index (χ4n) is 4.93. The Labute approximate surface area is 151 Å². The summed E-state index contributed by atoms with van der Waals surface area (Å²) in [6, 6.07) is 4.78. The molecule has 0 bridgehead atoms. The first-order chi connectivity index (χ1) is 12.7. The summed E-state index contributed by atoms with van der Waals surface area (Å²) >= 11 is 0. The average molecular weight is 357 g/mol. The number of H-pyrrole nitrogens is 1. The summed E-state index contributed by atoms with van der Waals surface area (Å²) in [5, 5.41) is 0. The molecule has 1 aromatic carbocycles. The van der Waals surface area contributed by atoms with E-state index in [-0.39, 0.29) is 23.8 Å². The Morgan fingerprint density at radius 3 is 3.00 bits per heavy atom. The summed E-state index contributed by atoms with van der Waals surface area (Å²) in [5.41, 5.74) is 7.98. The molecule has 2 aromatic rings. The highest BCUT2D eigenvalue weighted by Gasteiger charge is 2.45. The number of nitrogens with zero attached hydrogens (tertiary/aromatic N) is 2. The van der Waals surface area contributed by atoms with Gasteiger partial charge < -0.3 is 9.88 Å². The van der Waals surface area contributed by atoms with Crippen molar-refractivity contribution in [3.63, 3.8) is 0 Å². The van der Waals surface area contributed by atoms with Gasteiger partial charge in [-0.05, 0) is 50.3 Å². The number of benzene rings is 1. The van der Waals surface area contributed by atoms with Crippen molar-refractivity contribution in [2.24, 2.45) is 5.92 Å². The van der Waals surface area contributed by atoms with Crippen molar-refractivity contribution in [1.29, 1.82) is 0 Å². The molecule has 2 aliphatic heterocycles. The van der Waals surface area contributed by atoms with Crippen molar-refractivity contribution >= 4 is 16.9 Å². The summed E-state index contributed by atoms with van der Waals surface area (Å²) in [6.45, 7) is 0.754. The lowest BCUT2D eigenvalue weighted by molar-refractivity contribution is -0.138. The van der Waals surface area contributed by atoms with Gasteiger partial charge in [-0.25, -0.2) is 14.8 Å². The third kappa shape index (κ3) is 2.61. The number of aromatic amines is 1. The maximum atomic E-state index is 13.5. The average Bonchev–Trinajstić information content (AvgIpc) is 3.35. The fraction of sp³-hybridized carbons (Fsp3) is 0.579. The van der Waals surface area contributed by atoms with Gasteiger partial charge >= 0.3 is 0 Å². The summed E-state index contributed by atoms with van der Waals surface area (Å²) in [7, 11) is 0. The molecule has 4 atom stereocenters. The molecule has 1 aliphatic carbocycles. The van der Waals surface area contributed by atoms with Crippen LogP contribution in [0.2, 0.25) is 0 Å². The second kappa shape index (κ2) is 6.32. The summed E-state index contributed by atoms with van der Waals surface area (Å²) in [6.07, 6.45) is 6.41. The van der Waals surface area contributed by atoms with E-state index in [0.29, 0.717) is 17.5 Å². The van der Waals surface area contributed by atoms with Crippen LogP contribution in [0.5, 0.6) is 0 Å². The minimum atomic E-state index is -0.280. The first kappa shape index (κ1) is 16.2. The molecule has 7 heteroatoms. The predicted molar refractivity (Wildman–Crippen MR) is 95.5 cm³/mol. The van der Waals surface area contributed by atoms with Crippen LogP contribution >= 0.6 is 0 Å². The number of piperidine rings is 1. The van der Waals surface area contributed by atoms with Gasteiger partial charge in [-0.3, -0.25) is 10.2 Å². The lowest BCUT2D eigenvalue weighted by Crippen LogP contribution is -2.50. The predicted octanol–water partition coefficient (Wildman–Crippen LogP) is 2.40. The highest BCUT2D eigenvalue weighted by molar-refractivity contribution is 5.83. The van der Waals surface area contributed by atoms with Gasteiger partial charge in [-0.15, -0.1) is 0 Å². The second-order valence-corrected chi connectivity index (χ2v) is 7.79. The zero-order valence-electron chi connectivity index (χ0n) is 14.7. The third-order valence-electron chi connectivity index (χ3n) is 6.25. The topological polar surface area (TPSA) is 73.1 Å². The van der Waals surface area contributed by atoms with Crippen LogP contribution in [-0.2, 0) is 4.79 Å². The summed E-state index contributed by atoms with van der Waals surface area (Å²) in [4.78, 5) is 23.2. The minimum Gasteiger partial charge on any atom is -0.340 e.